The van der Waals surface area contributed by atoms with Gasteiger partial charge in [0.15, 0.2) is 0 Å². The Hall–Kier alpha value is -3.42. The van der Waals surface area contributed by atoms with Crippen molar-refractivity contribution in [2.45, 2.75) is 70.9 Å². The van der Waals surface area contributed by atoms with E-state index in [2.05, 4.69) is 33.3 Å². The van der Waals surface area contributed by atoms with Gasteiger partial charge in [-0.05, 0) is 86.1 Å². The molecule has 7 nitrogen and oxygen atoms in total. The number of likely N-dealkylation sites (tertiary alicyclic amines) is 1. The molecular formula is C36H45N5O2. The van der Waals surface area contributed by atoms with Crippen molar-refractivity contribution in [1.82, 2.24) is 20.2 Å². The van der Waals surface area contributed by atoms with Crippen LogP contribution in [-0.2, 0) is 0 Å². The lowest BCUT2D eigenvalue weighted by molar-refractivity contribution is 0.141. The molecule has 1 aliphatic carbocycles. The maximum atomic E-state index is 10.5. The lowest BCUT2D eigenvalue weighted by Crippen LogP contribution is -2.51. The Morgan fingerprint density at radius 2 is 1.74 bits per heavy atom. The monoisotopic (exact) mass is 579 g/mol. The van der Waals surface area contributed by atoms with Crippen molar-refractivity contribution in [3.8, 4) is 22.8 Å². The van der Waals surface area contributed by atoms with E-state index in [0.717, 1.165) is 64.9 Å². The van der Waals surface area contributed by atoms with Gasteiger partial charge in [0.05, 0.1) is 17.8 Å². The van der Waals surface area contributed by atoms with Crippen LogP contribution in [0.15, 0.2) is 54.7 Å². The van der Waals surface area contributed by atoms with E-state index < -0.39 is 0 Å². The molecule has 4 aliphatic rings. The average Bonchev–Trinajstić information content (AvgIpc) is 3.73. The van der Waals surface area contributed by atoms with Crippen molar-refractivity contribution in [2.75, 3.05) is 44.2 Å². The van der Waals surface area contributed by atoms with Crippen LogP contribution in [0.3, 0.4) is 0 Å². The van der Waals surface area contributed by atoms with Gasteiger partial charge in [0.1, 0.15) is 11.3 Å². The second kappa shape index (κ2) is 11.9. The van der Waals surface area contributed by atoms with E-state index in [4.69, 9.17) is 14.7 Å². The summed E-state index contributed by atoms with van der Waals surface area (Å²) < 4.78 is 6.57. The second-order valence-corrected chi connectivity index (χ2v) is 13.0. The Morgan fingerprint density at radius 3 is 2.51 bits per heavy atom. The summed E-state index contributed by atoms with van der Waals surface area (Å²) in [4.78, 5) is 15.2. The lowest BCUT2D eigenvalue weighted by Gasteiger charge is -2.35. The number of hydrogen-bond acceptors (Lipinski definition) is 7. The van der Waals surface area contributed by atoms with Crippen LogP contribution in [0.4, 0.5) is 5.69 Å². The van der Waals surface area contributed by atoms with Crippen LogP contribution in [0.1, 0.15) is 58.8 Å². The van der Waals surface area contributed by atoms with Crippen LogP contribution < -0.4 is 15.0 Å². The summed E-state index contributed by atoms with van der Waals surface area (Å²) in [7, 11) is 0. The summed E-state index contributed by atoms with van der Waals surface area (Å²) in [6.45, 7) is 10.3. The lowest BCUT2D eigenvalue weighted by atomic mass is 9.98. The number of nitrogens with zero attached hydrogens (tertiary/aromatic N) is 4. The summed E-state index contributed by atoms with van der Waals surface area (Å²) in [5, 5.41) is 16.4. The molecular weight excluding hydrogens is 534 g/mol. The smallest absolute Gasteiger partial charge is 0.216 e. The molecule has 0 amide bonds. The molecule has 2 aromatic heterocycles. The van der Waals surface area contributed by atoms with Gasteiger partial charge < -0.3 is 25.0 Å². The predicted octanol–water partition coefficient (Wildman–Crippen LogP) is 6.77. The number of benzene rings is 2. The van der Waals surface area contributed by atoms with Crippen LogP contribution in [-0.4, -0.2) is 71.4 Å². The Kier molecular flexibility index (Phi) is 7.87. The molecule has 2 N–H and O–H groups in total. The molecule has 2 atom stereocenters. The third kappa shape index (κ3) is 5.89. The molecule has 1 saturated carbocycles. The first-order chi connectivity index (χ1) is 21.1. The third-order valence-electron chi connectivity index (χ3n) is 9.81. The number of phenols is 1. The molecule has 4 fully saturated rings. The maximum absolute atomic E-state index is 10.5. The van der Waals surface area contributed by atoms with Gasteiger partial charge in [-0.3, -0.25) is 4.98 Å². The van der Waals surface area contributed by atoms with Gasteiger partial charge in [-0.1, -0.05) is 44.5 Å². The zero-order valence-electron chi connectivity index (χ0n) is 25.7. The van der Waals surface area contributed by atoms with E-state index in [-0.39, 0.29) is 11.2 Å². The highest BCUT2D eigenvalue weighted by Crippen LogP contribution is 2.47. The molecule has 4 aromatic rings. The minimum Gasteiger partial charge on any atom is -0.508 e. The molecule has 0 spiro atoms. The summed E-state index contributed by atoms with van der Waals surface area (Å²) in [5.41, 5.74) is 5.06. The summed E-state index contributed by atoms with van der Waals surface area (Å²) in [5.74, 6) is 0.951. The van der Waals surface area contributed by atoms with E-state index >= 15 is 0 Å². The Labute approximate surface area is 255 Å². The van der Waals surface area contributed by atoms with Crippen molar-refractivity contribution in [3.63, 3.8) is 0 Å². The molecule has 3 saturated heterocycles. The quantitative estimate of drug-likeness (QED) is 0.250. The van der Waals surface area contributed by atoms with Gasteiger partial charge in [0.2, 0.25) is 5.88 Å². The number of pyridine rings is 2. The number of anilines is 1. The van der Waals surface area contributed by atoms with Crippen molar-refractivity contribution in [2.24, 2.45) is 5.41 Å². The minimum absolute atomic E-state index is 0.254. The summed E-state index contributed by atoms with van der Waals surface area (Å²) in [6.07, 6.45) is 10.9. The number of piperazine rings is 1. The van der Waals surface area contributed by atoms with Gasteiger partial charge in [-0.15, -0.1) is 0 Å². The van der Waals surface area contributed by atoms with Gasteiger partial charge in [-0.25, -0.2) is 4.98 Å². The summed E-state index contributed by atoms with van der Waals surface area (Å²) in [6, 6.07) is 17.1. The molecule has 43 heavy (non-hydrogen) atoms. The molecule has 2 bridgehead atoms. The van der Waals surface area contributed by atoms with Crippen molar-refractivity contribution >= 4 is 27.5 Å². The molecule has 0 radical (unpaired) electrons. The SMILES string of the molecule is CC.Oc1cc(-c2cnc3c(N4CC5CC[C@@H](C4)N5)cc(OCC4(CN5CCCCC5)CC4)nc3c2)c2ccccc2c1. The molecule has 1 unspecified atom stereocenters. The molecule has 3 aliphatic heterocycles. The fourth-order valence-corrected chi connectivity index (χ4v) is 7.41. The third-order valence-corrected chi connectivity index (χ3v) is 9.81. The highest BCUT2D eigenvalue weighted by molar-refractivity contribution is 6.00. The average molecular weight is 580 g/mol. The van der Waals surface area contributed by atoms with E-state index in [1.165, 1.54) is 58.0 Å². The van der Waals surface area contributed by atoms with Crippen LogP contribution in [0.25, 0.3) is 32.9 Å². The first kappa shape index (κ1) is 28.4. The normalized spacial score (nSPS) is 22.8. The van der Waals surface area contributed by atoms with Crippen LogP contribution >= 0.6 is 0 Å². The number of fused-ring (bicyclic) bond motifs is 4. The van der Waals surface area contributed by atoms with Crippen LogP contribution in [0.2, 0.25) is 0 Å². The summed E-state index contributed by atoms with van der Waals surface area (Å²) >= 11 is 0. The van der Waals surface area contributed by atoms with Gasteiger partial charge in [-0.2, -0.15) is 0 Å². The maximum Gasteiger partial charge on any atom is 0.216 e. The zero-order valence-corrected chi connectivity index (χ0v) is 25.7. The van der Waals surface area contributed by atoms with E-state index in [0.29, 0.717) is 18.0 Å². The molecule has 5 heterocycles. The van der Waals surface area contributed by atoms with Gasteiger partial charge in [0, 0.05) is 55.0 Å². The molecule has 7 heteroatoms. The first-order valence-electron chi connectivity index (χ1n) is 16.5. The van der Waals surface area contributed by atoms with Gasteiger partial charge >= 0.3 is 0 Å². The number of aromatic hydroxyl groups is 1. The van der Waals surface area contributed by atoms with E-state index in [1.807, 2.05) is 50.4 Å². The first-order valence-corrected chi connectivity index (χ1v) is 16.5. The van der Waals surface area contributed by atoms with E-state index in [1.54, 1.807) is 0 Å². The Balaban J connectivity index is 0.00000147. The Bertz CT molecular complexity index is 1580. The topological polar surface area (TPSA) is 73.8 Å². The Morgan fingerprint density at radius 1 is 0.977 bits per heavy atom. The van der Waals surface area contributed by atoms with Crippen LogP contribution in [0.5, 0.6) is 11.6 Å². The van der Waals surface area contributed by atoms with Gasteiger partial charge in [0.25, 0.3) is 0 Å². The number of aromatic nitrogens is 2. The number of phenolic OH excluding ortho intramolecular Hbond substituents is 1. The number of piperidine rings is 1. The number of ether oxygens (including phenoxy) is 1. The standard InChI is InChI=1S/C34H39N5O2.C2H6/c40-27-14-23-6-2-3-7-28(23)29(16-27)24-15-30-33(35-18-24)31(39-19-25-8-9-26(20-39)36-25)17-32(37-30)41-22-34(10-11-34)21-38-12-4-1-5-13-38;1-2/h2-3,6-7,14-18,25-26,36,40H,1,4-5,8-13,19-22H2;1-2H3/t25-,26?;/m0./s1. The highest BCUT2D eigenvalue weighted by Gasteiger charge is 2.45. The highest BCUT2D eigenvalue weighted by atomic mass is 16.5. The molecule has 8 rings (SSSR count). The van der Waals surface area contributed by atoms with Crippen molar-refractivity contribution in [1.29, 1.82) is 0 Å². The fraction of sp³-hybridized carbons (Fsp3) is 0.500. The second-order valence-electron chi connectivity index (χ2n) is 13.0. The molecule has 226 valence electrons. The minimum atomic E-state index is 0.254. The van der Waals surface area contributed by atoms with E-state index in [9.17, 15) is 5.11 Å². The fourth-order valence-electron chi connectivity index (χ4n) is 7.41. The van der Waals surface area contributed by atoms with Crippen molar-refractivity contribution < 1.29 is 9.84 Å². The number of hydrogen-bond donors (Lipinski definition) is 2. The van der Waals surface area contributed by atoms with Crippen molar-refractivity contribution in [3.05, 3.63) is 54.7 Å². The number of rotatable bonds is 7. The van der Waals surface area contributed by atoms with Crippen LogP contribution in [0, 0.1) is 5.41 Å². The largest absolute Gasteiger partial charge is 0.508 e. The zero-order chi connectivity index (χ0) is 29.4. The number of nitrogens with one attached hydrogen (secondary N) is 1. The predicted molar refractivity (Wildman–Crippen MR) is 175 cm³/mol. The molecule has 2 aromatic carbocycles.